The fraction of sp³-hybridized carbons (Fsp3) is 0.333. The highest BCUT2D eigenvalue weighted by Crippen LogP contribution is 2.26. The summed E-state index contributed by atoms with van der Waals surface area (Å²) in [5.41, 5.74) is 0.485. The van der Waals surface area contributed by atoms with Gasteiger partial charge in [-0.2, -0.15) is 0 Å². The second-order valence-corrected chi connectivity index (χ2v) is 6.17. The molecule has 0 aliphatic carbocycles. The number of unbranched alkanes of at least 4 members (excludes halogenated alkanes) is 2. The van der Waals surface area contributed by atoms with Gasteiger partial charge in [-0.1, -0.05) is 6.42 Å². The molecule has 0 spiro atoms. The van der Waals surface area contributed by atoms with E-state index in [1.165, 1.54) is 38.5 Å². The summed E-state index contributed by atoms with van der Waals surface area (Å²) in [6, 6.07) is 9.09. The molecule has 0 saturated carbocycles. The average molecular weight is 372 g/mol. The highest BCUT2D eigenvalue weighted by atomic mass is 16.5. The van der Waals surface area contributed by atoms with Crippen LogP contribution < -0.4 is 9.47 Å². The zero-order valence-electron chi connectivity index (χ0n) is 15.5. The highest BCUT2D eigenvalue weighted by Gasteiger charge is 2.14. The molecule has 27 heavy (non-hydrogen) atoms. The van der Waals surface area contributed by atoms with Crippen molar-refractivity contribution in [3.05, 3.63) is 47.5 Å². The summed E-state index contributed by atoms with van der Waals surface area (Å²) in [5, 5.41) is 19.6. The number of aromatic hydroxyl groups is 2. The van der Waals surface area contributed by atoms with Crippen LogP contribution in [0.4, 0.5) is 0 Å². The number of Topliss-reactive ketones (excluding diaryl/α,β-unsaturated/α-hetero) is 2. The van der Waals surface area contributed by atoms with E-state index in [0.717, 1.165) is 0 Å². The van der Waals surface area contributed by atoms with Crippen molar-refractivity contribution in [1.29, 1.82) is 0 Å². The van der Waals surface area contributed by atoms with Crippen LogP contribution in [0.3, 0.4) is 0 Å². The fourth-order valence-electron chi connectivity index (χ4n) is 2.75. The lowest BCUT2D eigenvalue weighted by Gasteiger charge is -2.07. The van der Waals surface area contributed by atoms with E-state index in [0.29, 0.717) is 30.8 Å². The summed E-state index contributed by atoms with van der Waals surface area (Å²) >= 11 is 0. The smallest absolute Gasteiger partial charge is 0.166 e. The summed E-state index contributed by atoms with van der Waals surface area (Å²) < 4.78 is 10.1. The predicted molar refractivity (Wildman–Crippen MR) is 101 cm³/mol. The maximum Gasteiger partial charge on any atom is 0.166 e. The van der Waals surface area contributed by atoms with Crippen molar-refractivity contribution in [1.82, 2.24) is 0 Å². The normalized spacial score (nSPS) is 10.4. The van der Waals surface area contributed by atoms with Gasteiger partial charge in [0, 0.05) is 12.8 Å². The standard InChI is InChI=1S/C21H24O6/c1-26-14-8-10-20(24)16(12-14)18(22)6-4-3-5-7-19(23)17-13-15(27-2)9-11-21(17)25/h8-13,24-25H,3-7H2,1-2H3. The minimum Gasteiger partial charge on any atom is -0.507 e. The number of carbonyl (C=O) groups excluding carboxylic acids is 2. The number of carbonyl (C=O) groups is 2. The molecular weight excluding hydrogens is 348 g/mol. The van der Waals surface area contributed by atoms with Gasteiger partial charge in [0.25, 0.3) is 0 Å². The molecule has 6 heteroatoms. The van der Waals surface area contributed by atoms with Crippen LogP contribution in [0.5, 0.6) is 23.0 Å². The molecule has 0 fully saturated rings. The molecule has 2 N–H and O–H groups in total. The van der Waals surface area contributed by atoms with Gasteiger partial charge in [-0.3, -0.25) is 9.59 Å². The number of benzene rings is 2. The number of ketones is 2. The largest absolute Gasteiger partial charge is 0.507 e. The van der Waals surface area contributed by atoms with E-state index in [1.807, 2.05) is 0 Å². The number of methoxy groups -OCH3 is 2. The van der Waals surface area contributed by atoms with E-state index in [4.69, 9.17) is 9.47 Å². The number of ether oxygens (including phenoxy) is 2. The third-order valence-electron chi connectivity index (χ3n) is 4.32. The molecular formula is C21H24O6. The Bertz CT molecular complexity index is 745. The summed E-state index contributed by atoms with van der Waals surface area (Å²) in [5.74, 6) is 0.569. The van der Waals surface area contributed by atoms with Crippen molar-refractivity contribution in [2.24, 2.45) is 0 Å². The highest BCUT2D eigenvalue weighted by molar-refractivity contribution is 5.99. The Labute approximate surface area is 158 Å². The van der Waals surface area contributed by atoms with Gasteiger partial charge in [-0.15, -0.1) is 0 Å². The molecule has 0 saturated heterocycles. The van der Waals surface area contributed by atoms with Crippen LogP contribution >= 0.6 is 0 Å². The molecule has 0 aromatic heterocycles. The molecule has 2 rings (SSSR count). The van der Waals surface area contributed by atoms with E-state index in [-0.39, 0.29) is 47.0 Å². The second kappa shape index (κ2) is 9.62. The van der Waals surface area contributed by atoms with Gasteiger partial charge < -0.3 is 19.7 Å². The molecule has 0 aliphatic rings. The van der Waals surface area contributed by atoms with Crippen molar-refractivity contribution < 1.29 is 29.3 Å². The monoisotopic (exact) mass is 372 g/mol. The van der Waals surface area contributed by atoms with Crippen LogP contribution in [0.15, 0.2) is 36.4 Å². The lowest BCUT2D eigenvalue weighted by Crippen LogP contribution is -2.02. The topological polar surface area (TPSA) is 93.1 Å². The molecule has 0 bridgehead atoms. The van der Waals surface area contributed by atoms with E-state index in [1.54, 1.807) is 12.1 Å². The van der Waals surface area contributed by atoms with Gasteiger partial charge in [0.05, 0.1) is 25.3 Å². The molecule has 0 atom stereocenters. The van der Waals surface area contributed by atoms with Crippen LogP contribution in [0.1, 0.15) is 52.8 Å². The number of hydrogen-bond donors (Lipinski definition) is 2. The molecule has 2 aromatic carbocycles. The van der Waals surface area contributed by atoms with E-state index >= 15 is 0 Å². The molecule has 6 nitrogen and oxygen atoms in total. The minimum atomic E-state index is -0.164. The van der Waals surface area contributed by atoms with Gasteiger partial charge in [0.15, 0.2) is 11.6 Å². The summed E-state index contributed by atoms with van der Waals surface area (Å²) in [4.78, 5) is 24.5. The molecule has 0 amide bonds. The molecule has 0 heterocycles. The van der Waals surface area contributed by atoms with Gasteiger partial charge in [0.2, 0.25) is 0 Å². The van der Waals surface area contributed by atoms with E-state index < -0.39 is 0 Å². The van der Waals surface area contributed by atoms with Crippen LogP contribution in [-0.2, 0) is 0 Å². The molecule has 144 valence electrons. The Kier molecular flexibility index (Phi) is 7.23. The Morgan fingerprint density at radius 1 is 0.741 bits per heavy atom. The van der Waals surface area contributed by atoms with Crippen molar-refractivity contribution >= 4 is 11.6 Å². The van der Waals surface area contributed by atoms with E-state index in [2.05, 4.69) is 0 Å². The number of phenols is 2. The lowest BCUT2D eigenvalue weighted by molar-refractivity contribution is 0.0975. The zero-order chi connectivity index (χ0) is 19.8. The first-order valence-electron chi connectivity index (χ1n) is 8.76. The zero-order valence-corrected chi connectivity index (χ0v) is 15.5. The van der Waals surface area contributed by atoms with Gasteiger partial charge in [-0.25, -0.2) is 0 Å². The van der Waals surface area contributed by atoms with Crippen LogP contribution in [0, 0.1) is 0 Å². The van der Waals surface area contributed by atoms with Crippen LogP contribution in [-0.4, -0.2) is 36.0 Å². The van der Waals surface area contributed by atoms with Crippen molar-refractivity contribution in [2.75, 3.05) is 14.2 Å². The first-order chi connectivity index (χ1) is 13.0. The maximum atomic E-state index is 12.2. The van der Waals surface area contributed by atoms with E-state index in [9.17, 15) is 19.8 Å². The second-order valence-electron chi connectivity index (χ2n) is 6.17. The SMILES string of the molecule is COc1ccc(O)c(C(=O)CCCCCC(=O)c2cc(OC)ccc2O)c1. The maximum absolute atomic E-state index is 12.2. The van der Waals surface area contributed by atoms with Crippen molar-refractivity contribution in [2.45, 2.75) is 32.1 Å². The summed E-state index contributed by atoms with van der Waals surface area (Å²) in [6.45, 7) is 0. The quantitative estimate of drug-likeness (QED) is 0.481. The Hall–Kier alpha value is -3.02. The third kappa shape index (κ3) is 5.48. The first-order valence-corrected chi connectivity index (χ1v) is 8.76. The minimum absolute atomic E-state index is 0.0653. The lowest BCUT2D eigenvalue weighted by atomic mass is 10.0. The number of rotatable bonds is 10. The first kappa shape index (κ1) is 20.3. The van der Waals surface area contributed by atoms with Crippen molar-refractivity contribution in [3.8, 4) is 23.0 Å². The molecule has 2 aromatic rings. The summed E-state index contributed by atoms with van der Waals surface area (Å²) in [6.07, 6.45) is 2.45. The Morgan fingerprint density at radius 3 is 1.52 bits per heavy atom. The van der Waals surface area contributed by atoms with Crippen LogP contribution in [0.25, 0.3) is 0 Å². The molecule has 0 aliphatic heterocycles. The molecule has 0 unspecified atom stereocenters. The van der Waals surface area contributed by atoms with Gasteiger partial charge in [0.1, 0.15) is 23.0 Å². The van der Waals surface area contributed by atoms with Gasteiger partial charge >= 0.3 is 0 Å². The Morgan fingerprint density at radius 2 is 1.15 bits per heavy atom. The third-order valence-corrected chi connectivity index (χ3v) is 4.32. The average Bonchev–Trinajstić information content (AvgIpc) is 2.68. The Balaban J connectivity index is 1.80. The van der Waals surface area contributed by atoms with Crippen LogP contribution in [0.2, 0.25) is 0 Å². The fourth-order valence-corrected chi connectivity index (χ4v) is 2.75. The molecule has 0 radical (unpaired) electrons. The number of hydrogen-bond acceptors (Lipinski definition) is 6. The van der Waals surface area contributed by atoms with Crippen molar-refractivity contribution in [3.63, 3.8) is 0 Å². The summed E-state index contributed by atoms with van der Waals surface area (Å²) in [7, 11) is 3.00. The number of phenolic OH excluding ortho intramolecular Hbond substituents is 2. The predicted octanol–water partition coefficient (Wildman–Crippen LogP) is 4.13. The van der Waals surface area contributed by atoms with Gasteiger partial charge in [-0.05, 0) is 49.2 Å².